The topological polar surface area (TPSA) is 33.1 Å². The Kier molecular flexibility index (Phi) is 4.03. The molecular formula is C16H24N4. The van der Waals surface area contributed by atoms with Crippen LogP contribution in [0.2, 0.25) is 0 Å². The average molecular weight is 272 g/mol. The zero-order chi connectivity index (χ0) is 13.9. The molecule has 1 unspecified atom stereocenters. The van der Waals surface area contributed by atoms with Gasteiger partial charge in [0.25, 0.3) is 0 Å². The molecule has 2 heterocycles. The van der Waals surface area contributed by atoms with Gasteiger partial charge in [-0.25, -0.2) is 4.98 Å². The van der Waals surface area contributed by atoms with E-state index in [9.17, 15) is 0 Å². The number of fused-ring (bicyclic) bond motifs is 1. The Labute approximate surface area is 120 Å². The molecule has 1 aliphatic rings. The van der Waals surface area contributed by atoms with E-state index < -0.39 is 0 Å². The van der Waals surface area contributed by atoms with Gasteiger partial charge in [0.1, 0.15) is 5.82 Å². The third-order valence-electron chi connectivity index (χ3n) is 4.22. The van der Waals surface area contributed by atoms with Gasteiger partial charge in [0.15, 0.2) is 0 Å². The number of imidazole rings is 1. The number of hydrogen-bond acceptors (Lipinski definition) is 3. The van der Waals surface area contributed by atoms with Crippen LogP contribution in [-0.2, 0) is 13.1 Å². The average Bonchev–Trinajstić information content (AvgIpc) is 2.82. The van der Waals surface area contributed by atoms with E-state index in [1.807, 2.05) is 0 Å². The highest BCUT2D eigenvalue weighted by Gasteiger charge is 2.17. The Hall–Kier alpha value is -1.39. The summed E-state index contributed by atoms with van der Waals surface area (Å²) < 4.78 is 2.31. The molecule has 0 aliphatic carbocycles. The van der Waals surface area contributed by atoms with Crippen molar-refractivity contribution in [2.75, 3.05) is 20.1 Å². The van der Waals surface area contributed by atoms with Crippen LogP contribution in [0.15, 0.2) is 24.3 Å². The third kappa shape index (κ3) is 2.72. The zero-order valence-corrected chi connectivity index (χ0v) is 12.5. The van der Waals surface area contributed by atoms with Gasteiger partial charge in [-0.15, -0.1) is 0 Å². The smallest absolute Gasteiger partial charge is 0.123 e. The minimum atomic E-state index is 0.596. The number of aryl methyl sites for hydroxylation is 1. The van der Waals surface area contributed by atoms with Crippen LogP contribution in [0.1, 0.15) is 25.6 Å². The molecule has 108 valence electrons. The van der Waals surface area contributed by atoms with Crippen LogP contribution >= 0.6 is 0 Å². The number of nitrogens with zero attached hydrogens (tertiary/aromatic N) is 3. The predicted molar refractivity (Wildman–Crippen MR) is 82.8 cm³/mol. The Morgan fingerprint density at radius 2 is 2.20 bits per heavy atom. The maximum Gasteiger partial charge on any atom is 0.123 e. The quantitative estimate of drug-likeness (QED) is 0.926. The first kappa shape index (κ1) is 13.6. The Morgan fingerprint density at radius 1 is 1.35 bits per heavy atom. The van der Waals surface area contributed by atoms with E-state index in [-0.39, 0.29) is 0 Å². The molecule has 4 nitrogen and oxygen atoms in total. The molecule has 0 spiro atoms. The van der Waals surface area contributed by atoms with E-state index in [1.54, 1.807) is 0 Å². The van der Waals surface area contributed by atoms with Crippen LogP contribution < -0.4 is 5.32 Å². The number of likely N-dealkylation sites (N-methyl/N-ethyl adjacent to an activating group) is 1. The van der Waals surface area contributed by atoms with Crippen LogP contribution in [0.25, 0.3) is 11.0 Å². The highest BCUT2D eigenvalue weighted by molar-refractivity contribution is 5.75. The fraction of sp³-hybridized carbons (Fsp3) is 0.562. The summed E-state index contributed by atoms with van der Waals surface area (Å²) in [5.74, 6) is 1.15. The number of nitrogens with one attached hydrogen (secondary N) is 1. The number of benzene rings is 1. The number of hydrogen-bond donors (Lipinski definition) is 1. The monoisotopic (exact) mass is 272 g/mol. The van der Waals surface area contributed by atoms with Gasteiger partial charge in [-0.05, 0) is 45.5 Å². The molecule has 1 aromatic heterocycles. The van der Waals surface area contributed by atoms with E-state index in [0.717, 1.165) is 31.0 Å². The van der Waals surface area contributed by atoms with Gasteiger partial charge in [-0.2, -0.15) is 0 Å². The third-order valence-corrected chi connectivity index (χ3v) is 4.22. The minimum absolute atomic E-state index is 0.596. The fourth-order valence-corrected chi connectivity index (χ4v) is 3.18. The van der Waals surface area contributed by atoms with Crippen molar-refractivity contribution < 1.29 is 0 Å². The molecule has 1 atom stereocenters. The van der Waals surface area contributed by atoms with Crippen molar-refractivity contribution in [3.05, 3.63) is 30.1 Å². The maximum absolute atomic E-state index is 4.77. The van der Waals surface area contributed by atoms with Gasteiger partial charge in [0, 0.05) is 19.1 Å². The fourth-order valence-electron chi connectivity index (χ4n) is 3.18. The number of piperidine rings is 1. The Bertz CT molecular complexity index is 575. The van der Waals surface area contributed by atoms with Crippen molar-refractivity contribution in [3.63, 3.8) is 0 Å². The lowest BCUT2D eigenvalue weighted by Crippen LogP contribution is -2.43. The molecule has 2 aromatic rings. The van der Waals surface area contributed by atoms with Crippen molar-refractivity contribution in [2.45, 2.75) is 38.9 Å². The Morgan fingerprint density at radius 3 is 3.00 bits per heavy atom. The first-order valence-corrected chi connectivity index (χ1v) is 7.64. The molecule has 3 rings (SSSR count). The molecule has 1 aromatic carbocycles. The second-order valence-electron chi connectivity index (χ2n) is 5.74. The minimum Gasteiger partial charge on any atom is -0.327 e. The second kappa shape index (κ2) is 5.94. The number of para-hydroxylation sites is 2. The van der Waals surface area contributed by atoms with Gasteiger partial charge in [-0.1, -0.05) is 12.1 Å². The lowest BCUT2D eigenvalue weighted by molar-refractivity contribution is 0.225. The predicted octanol–water partition coefficient (Wildman–Crippen LogP) is 2.24. The molecule has 0 saturated carbocycles. The zero-order valence-electron chi connectivity index (χ0n) is 12.5. The summed E-state index contributed by atoms with van der Waals surface area (Å²) in [6.45, 7) is 6.40. The number of rotatable bonds is 4. The van der Waals surface area contributed by atoms with Crippen LogP contribution in [-0.4, -0.2) is 40.6 Å². The van der Waals surface area contributed by atoms with Crippen molar-refractivity contribution in [3.8, 4) is 0 Å². The molecule has 1 saturated heterocycles. The van der Waals surface area contributed by atoms with Crippen molar-refractivity contribution in [2.24, 2.45) is 0 Å². The maximum atomic E-state index is 4.77. The molecule has 0 bridgehead atoms. The van der Waals surface area contributed by atoms with Gasteiger partial charge in [0.05, 0.1) is 17.6 Å². The van der Waals surface area contributed by atoms with Crippen LogP contribution in [0.3, 0.4) is 0 Å². The molecule has 20 heavy (non-hydrogen) atoms. The molecule has 0 radical (unpaired) electrons. The summed E-state index contributed by atoms with van der Waals surface area (Å²) in [6, 6.07) is 8.99. The van der Waals surface area contributed by atoms with E-state index >= 15 is 0 Å². The van der Waals surface area contributed by atoms with E-state index in [2.05, 4.69) is 53.0 Å². The van der Waals surface area contributed by atoms with E-state index in [0.29, 0.717) is 6.04 Å². The normalized spacial score (nSPS) is 20.6. The van der Waals surface area contributed by atoms with E-state index in [4.69, 9.17) is 4.98 Å². The summed E-state index contributed by atoms with van der Waals surface area (Å²) in [5, 5.41) is 3.68. The highest BCUT2D eigenvalue weighted by atomic mass is 15.2. The van der Waals surface area contributed by atoms with Crippen LogP contribution in [0, 0.1) is 0 Å². The van der Waals surface area contributed by atoms with E-state index in [1.165, 1.54) is 24.9 Å². The lowest BCUT2D eigenvalue weighted by atomic mass is 10.1. The van der Waals surface area contributed by atoms with Crippen LogP contribution in [0.4, 0.5) is 0 Å². The first-order chi connectivity index (χ1) is 9.78. The highest BCUT2D eigenvalue weighted by Crippen LogP contribution is 2.16. The largest absolute Gasteiger partial charge is 0.327 e. The molecule has 1 fully saturated rings. The number of aromatic nitrogens is 2. The molecule has 0 amide bonds. The Balaban J connectivity index is 1.73. The number of likely N-dealkylation sites (tertiary alicyclic amines) is 1. The van der Waals surface area contributed by atoms with Gasteiger partial charge in [-0.3, -0.25) is 0 Å². The standard InChI is InChI=1S/C16H24N4/c1-3-20-15-9-5-4-8-14(15)18-16(20)11-17-13-7-6-10-19(2)12-13/h4-5,8-9,13,17H,3,6-7,10-12H2,1-2H3. The first-order valence-electron chi connectivity index (χ1n) is 7.64. The molecular weight excluding hydrogens is 248 g/mol. The molecule has 1 aliphatic heterocycles. The van der Waals surface area contributed by atoms with Gasteiger partial charge >= 0.3 is 0 Å². The van der Waals surface area contributed by atoms with Gasteiger partial charge in [0.2, 0.25) is 0 Å². The summed E-state index contributed by atoms with van der Waals surface area (Å²) in [6.07, 6.45) is 2.56. The van der Waals surface area contributed by atoms with Crippen molar-refractivity contribution in [1.29, 1.82) is 0 Å². The summed E-state index contributed by atoms with van der Waals surface area (Å²) in [4.78, 5) is 7.18. The SMILES string of the molecule is CCn1c(CNC2CCCN(C)C2)nc2ccccc21. The summed E-state index contributed by atoms with van der Waals surface area (Å²) in [5.41, 5.74) is 2.35. The summed E-state index contributed by atoms with van der Waals surface area (Å²) >= 11 is 0. The van der Waals surface area contributed by atoms with Crippen LogP contribution in [0.5, 0.6) is 0 Å². The van der Waals surface area contributed by atoms with Gasteiger partial charge < -0.3 is 14.8 Å². The second-order valence-corrected chi connectivity index (χ2v) is 5.74. The van der Waals surface area contributed by atoms with Crippen molar-refractivity contribution in [1.82, 2.24) is 19.8 Å². The molecule has 4 heteroatoms. The van der Waals surface area contributed by atoms with Crippen molar-refractivity contribution >= 4 is 11.0 Å². The molecule has 1 N–H and O–H groups in total. The lowest BCUT2D eigenvalue weighted by Gasteiger charge is -2.30. The summed E-state index contributed by atoms with van der Waals surface area (Å²) in [7, 11) is 2.20.